The number of carbonyl (C=O) groups is 1. The molecule has 3 rings (SSSR count). The average molecular weight is 316 g/mol. The Labute approximate surface area is 134 Å². The Morgan fingerprint density at radius 2 is 2.22 bits per heavy atom. The van der Waals surface area contributed by atoms with E-state index in [-0.39, 0.29) is 23.8 Å². The molecule has 0 spiro atoms. The first-order chi connectivity index (χ1) is 11.2. The fourth-order valence-corrected chi connectivity index (χ4v) is 2.54. The van der Waals surface area contributed by atoms with Crippen LogP contribution < -0.4 is 5.32 Å². The monoisotopic (exact) mass is 316 g/mol. The van der Waals surface area contributed by atoms with Crippen LogP contribution in [0.2, 0.25) is 0 Å². The number of rotatable bonds is 5. The summed E-state index contributed by atoms with van der Waals surface area (Å²) in [7, 11) is 0. The van der Waals surface area contributed by atoms with Crippen LogP contribution >= 0.6 is 0 Å². The third-order valence-electron chi connectivity index (χ3n) is 3.77. The Hall–Kier alpha value is -2.18. The van der Waals surface area contributed by atoms with Gasteiger partial charge in [0.1, 0.15) is 0 Å². The summed E-state index contributed by atoms with van der Waals surface area (Å²) in [4.78, 5) is 12.2. The minimum absolute atomic E-state index is 0.0862. The summed E-state index contributed by atoms with van der Waals surface area (Å²) in [5.74, 6) is -0.0932. The van der Waals surface area contributed by atoms with Gasteiger partial charge in [0, 0.05) is 12.7 Å². The van der Waals surface area contributed by atoms with Crippen LogP contribution in [0.1, 0.15) is 28.2 Å². The standard InChI is InChI=1S/C17H20N2O4/c1-12-9-16(23-19-12)17(20)18-14-11-21-8-7-15(14)22-10-13-5-3-2-4-6-13/h2-6,9,14-15H,7-8,10-11H2,1H3,(H,18,20)/t14-,15+/m1/s1. The van der Waals surface area contributed by atoms with E-state index in [0.717, 1.165) is 12.0 Å². The van der Waals surface area contributed by atoms with Crippen LogP contribution in [0.5, 0.6) is 0 Å². The summed E-state index contributed by atoms with van der Waals surface area (Å²) in [5, 5.41) is 6.64. The zero-order valence-electron chi connectivity index (χ0n) is 13.0. The maximum Gasteiger partial charge on any atom is 0.290 e. The molecule has 0 aliphatic carbocycles. The predicted octanol–water partition coefficient (Wildman–Crippen LogP) is 2.09. The van der Waals surface area contributed by atoms with Crippen molar-refractivity contribution in [2.24, 2.45) is 0 Å². The molecule has 0 bridgehead atoms. The Morgan fingerprint density at radius 3 is 2.96 bits per heavy atom. The second kappa shape index (κ2) is 7.39. The van der Waals surface area contributed by atoms with Crippen molar-refractivity contribution in [2.45, 2.75) is 32.1 Å². The molecular weight excluding hydrogens is 296 g/mol. The van der Waals surface area contributed by atoms with Gasteiger partial charge in [0.2, 0.25) is 5.76 Å². The molecule has 0 saturated carbocycles. The molecule has 2 atom stereocenters. The van der Waals surface area contributed by atoms with E-state index in [4.69, 9.17) is 14.0 Å². The number of benzene rings is 1. The van der Waals surface area contributed by atoms with Gasteiger partial charge in [-0.1, -0.05) is 35.5 Å². The minimum atomic E-state index is -0.297. The zero-order valence-corrected chi connectivity index (χ0v) is 13.0. The van der Waals surface area contributed by atoms with Crippen molar-refractivity contribution >= 4 is 5.91 Å². The lowest BCUT2D eigenvalue weighted by atomic mass is 10.1. The van der Waals surface area contributed by atoms with E-state index in [1.165, 1.54) is 0 Å². The van der Waals surface area contributed by atoms with Gasteiger partial charge in [-0.3, -0.25) is 4.79 Å². The lowest BCUT2D eigenvalue weighted by Crippen LogP contribution is -2.50. The van der Waals surface area contributed by atoms with Crippen LogP contribution in [0.25, 0.3) is 0 Å². The number of hydrogen-bond acceptors (Lipinski definition) is 5. The highest BCUT2D eigenvalue weighted by Crippen LogP contribution is 2.15. The van der Waals surface area contributed by atoms with E-state index < -0.39 is 0 Å². The SMILES string of the molecule is Cc1cc(C(=O)N[C@@H]2COCC[C@@H]2OCc2ccccc2)on1. The highest BCUT2D eigenvalue weighted by molar-refractivity contribution is 5.91. The first-order valence-electron chi connectivity index (χ1n) is 7.70. The number of amides is 1. The van der Waals surface area contributed by atoms with Gasteiger partial charge < -0.3 is 19.3 Å². The molecule has 2 heterocycles. The highest BCUT2D eigenvalue weighted by atomic mass is 16.5. The molecule has 1 N–H and O–H groups in total. The molecule has 0 radical (unpaired) electrons. The van der Waals surface area contributed by atoms with Gasteiger partial charge in [-0.25, -0.2) is 0 Å². The fraction of sp³-hybridized carbons (Fsp3) is 0.412. The summed E-state index contributed by atoms with van der Waals surface area (Å²) < 4.78 is 16.4. The Balaban J connectivity index is 1.58. The van der Waals surface area contributed by atoms with Crippen LogP contribution in [0, 0.1) is 6.92 Å². The van der Waals surface area contributed by atoms with Crippen LogP contribution in [-0.4, -0.2) is 36.4 Å². The van der Waals surface area contributed by atoms with Gasteiger partial charge >= 0.3 is 0 Å². The molecule has 1 aliphatic heterocycles. The average Bonchev–Trinajstić information content (AvgIpc) is 3.02. The van der Waals surface area contributed by atoms with E-state index in [2.05, 4.69) is 10.5 Å². The van der Waals surface area contributed by atoms with E-state index in [1.807, 2.05) is 30.3 Å². The summed E-state index contributed by atoms with van der Waals surface area (Å²) in [6.07, 6.45) is 0.657. The second-order valence-corrected chi connectivity index (χ2v) is 5.61. The first-order valence-corrected chi connectivity index (χ1v) is 7.70. The molecular formula is C17H20N2O4. The van der Waals surface area contributed by atoms with Gasteiger partial charge in [-0.05, 0) is 18.9 Å². The van der Waals surface area contributed by atoms with Crippen LogP contribution in [0.4, 0.5) is 0 Å². The molecule has 122 valence electrons. The number of carbonyl (C=O) groups excluding carboxylic acids is 1. The maximum absolute atomic E-state index is 12.2. The predicted molar refractivity (Wildman–Crippen MR) is 82.9 cm³/mol. The smallest absolute Gasteiger partial charge is 0.290 e. The fourth-order valence-electron chi connectivity index (χ4n) is 2.54. The zero-order chi connectivity index (χ0) is 16.1. The maximum atomic E-state index is 12.2. The number of nitrogens with zero attached hydrogens (tertiary/aromatic N) is 1. The number of aryl methyl sites for hydroxylation is 1. The quantitative estimate of drug-likeness (QED) is 0.914. The second-order valence-electron chi connectivity index (χ2n) is 5.61. The lowest BCUT2D eigenvalue weighted by Gasteiger charge is -2.31. The Kier molecular flexibility index (Phi) is 5.05. The van der Waals surface area contributed by atoms with Gasteiger partial charge in [0.05, 0.1) is 31.1 Å². The number of ether oxygens (including phenoxy) is 2. The Morgan fingerprint density at radius 1 is 1.39 bits per heavy atom. The third kappa shape index (κ3) is 4.18. The Bertz CT molecular complexity index is 641. The van der Waals surface area contributed by atoms with E-state index in [1.54, 1.807) is 13.0 Å². The largest absolute Gasteiger partial charge is 0.379 e. The van der Waals surface area contributed by atoms with Crippen molar-refractivity contribution in [1.29, 1.82) is 0 Å². The summed E-state index contributed by atoms with van der Waals surface area (Å²) >= 11 is 0. The molecule has 6 nitrogen and oxygen atoms in total. The van der Waals surface area contributed by atoms with E-state index in [0.29, 0.717) is 25.5 Å². The van der Waals surface area contributed by atoms with Crippen LogP contribution in [-0.2, 0) is 16.1 Å². The molecule has 6 heteroatoms. The van der Waals surface area contributed by atoms with Crippen LogP contribution in [0.15, 0.2) is 40.9 Å². The molecule has 1 saturated heterocycles. The topological polar surface area (TPSA) is 73.6 Å². The minimum Gasteiger partial charge on any atom is -0.379 e. The van der Waals surface area contributed by atoms with E-state index in [9.17, 15) is 4.79 Å². The van der Waals surface area contributed by atoms with Crippen molar-refractivity contribution in [3.05, 3.63) is 53.4 Å². The molecule has 2 aromatic rings. The lowest BCUT2D eigenvalue weighted by molar-refractivity contribution is -0.0607. The molecule has 1 fully saturated rings. The molecule has 1 aromatic heterocycles. The van der Waals surface area contributed by atoms with Gasteiger partial charge in [-0.2, -0.15) is 0 Å². The molecule has 1 aromatic carbocycles. The number of nitrogens with one attached hydrogen (secondary N) is 1. The molecule has 23 heavy (non-hydrogen) atoms. The molecule has 1 aliphatic rings. The normalized spacial score (nSPS) is 21.1. The van der Waals surface area contributed by atoms with Crippen molar-refractivity contribution in [3.63, 3.8) is 0 Å². The van der Waals surface area contributed by atoms with Gasteiger partial charge in [0.15, 0.2) is 0 Å². The van der Waals surface area contributed by atoms with Gasteiger partial charge in [0.25, 0.3) is 5.91 Å². The first kappa shape index (κ1) is 15.7. The third-order valence-corrected chi connectivity index (χ3v) is 3.77. The summed E-state index contributed by atoms with van der Waals surface area (Å²) in [5.41, 5.74) is 1.78. The van der Waals surface area contributed by atoms with Gasteiger partial charge in [-0.15, -0.1) is 0 Å². The molecule has 0 unspecified atom stereocenters. The molecule has 1 amide bonds. The number of aromatic nitrogens is 1. The van der Waals surface area contributed by atoms with Crippen molar-refractivity contribution in [1.82, 2.24) is 10.5 Å². The van der Waals surface area contributed by atoms with E-state index >= 15 is 0 Å². The summed E-state index contributed by atoms with van der Waals surface area (Å²) in [6, 6.07) is 11.4. The van der Waals surface area contributed by atoms with Crippen LogP contribution in [0.3, 0.4) is 0 Å². The van der Waals surface area contributed by atoms with Crippen molar-refractivity contribution < 1.29 is 18.8 Å². The number of hydrogen-bond donors (Lipinski definition) is 1. The van der Waals surface area contributed by atoms with Crippen molar-refractivity contribution in [3.8, 4) is 0 Å². The summed E-state index contributed by atoms with van der Waals surface area (Å²) in [6.45, 7) is 3.35. The van der Waals surface area contributed by atoms with Crippen molar-refractivity contribution in [2.75, 3.05) is 13.2 Å². The highest BCUT2D eigenvalue weighted by Gasteiger charge is 2.29.